The first kappa shape index (κ1) is 20.2. The molecule has 0 aromatic carbocycles. The lowest BCUT2D eigenvalue weighted by molar-refractivity contribution is 0.281. The second kappa shape index (κ2) is 11.5. The van der Waals surface area contributed by atoms with Gasteiger partial charge in [-0.15, -0.1) is 11.3 Å². The van der Waals surface area contributed by atoms with Gasteiger partial charge < -0.3 is 20.4 Å². The minimum absolute atomic E-state index is 0.371. The highest BCUT2D eigenvalue weighted by atomic mass is 32.1. The van der Waals surface area contributed by atoms with Gasteiger partial charge in [0.2, 0.25) is 0 Å². The zero-order valence-corrected chi connectivity index (χ0v) is 16.9. The van der Waals surface area contributed by atoms with E-state index in [1.54, 1.807) is 0 Å². The summed E-state index contributed by atoms with van der Waals surface area (Å²) < 4.78 is 0. The predicted octanol–water partition coefficient (Wildman–Crippen LogP) is 2.78. The van der Waals surface area contributed by atoms with Crippen LogP contribution in [0.25, 0.3) is 0 Å². The summed E-state index contributed by atoms with van der Waals surface area (Å²) in [5, 5.41) is 9.08. The van der Waals surface area contributed by atoms with Crippen LogP contribution in [0, 0.1) is 0 Å². The Bertz CT molecular complexity index is 478. The van der Waals surface area contributed by atoms with Crippen LogP contribution < -0.4 is 10.6 Å². The van der Waals surface area contributed by atoms with Gasteiger partial charge in [0.05, 0.1) is 6.04 Å². The van der Waals surface area contributed by atoms with Crippen LogP contribution >= 0.6 is 11.3 Å². The summed E-state index contributed by atoms with van der Waals surface area (Å²) in [6.07, 6.45) is 6.71. The summed E-state index contributed by atoms with van der Waals surface area (Å²) in [7, 11) is 6.10. The summed E-state index contributed by atoms with van der Waals surface area (Å²) in [5.41, 5.74) is 0. The van der Waals surface area contributed by atoms with Crippen molar-refractivity contribution in [1.82, 2.24) is 20.4 Å². The van der Waals surface area contributed by atoms with E-state index in [9.17, 15) is 0 Å². The highest BCUT2D eigenvalue weighted by Crippen LogP contribution is 2.22. The van der Waals surface area contributed by atoms with Crippen LogP contribution in [0.3, 0.4) is 0 Å². The third kappa shape index (κ3) is 7.34. The van der Waals surface area contributed by atoms with Gasteiger partial charge in [0.15, 0.2) is 5.96 Å². The van der Waals surface area contributed by atoms with Crippen molar-refractivity contribution < 1.29 is 0 Å². The lowest BCUT2D eigenvalue weighted by Gasteiger charge is -2.25. The molecule has 1 aromatic rings. The van der Waals surface area contributed by atoms with Crippen molar-refractivity contribution in [1.29, 1.82) is 0 Å². The maximum absolute atomic E-state index is 4.37. The molecule has 2 heterocycles. The van der Waals surface area contributed by atoms with E-state index in [1.807, 2.05) is 18.4 Å². The van der Waals surface area contributed by atoms with Crippen molar-refractivity contribution >= 4 is 17.3 Å². The zero-order valence-electron chi connectivity index (χ0n) is 16.1. The van der Waals surface area contributed by atoms with Gasteiger partial charge in [0, 0.05) is 25.0 Å². The number of hydrogen-bond acceptors (Lipinski definition) is 4. The first-order chi connectivity index (χ1) is 12.2. The van der Waals surface area contributed by atoms with Crippen LogP contribution in [0.4, 0.5) is 0 Å². The summed E-state index contributed by atoms with van der Waals surface area (Å²) in [4.78, 5) is 10.6. The van der Waals surface area contributed by atoms with Crippen molar-refractivity contribution in [2.24, 2.45) is 4.99 Å². The number of rotatable bonds is 8. The Kier molecular flexibility index (Phi) is 9.29. The number of likely N-dealkylation sites (N-methyl/N-ethyl adjacent to an activating group) is 1. The Morgan fingerprint density at radius 1 is 1.24 bits per heavy atom. The Hall–Kier alpha value is -1.11. The molecule has 0 radical (unpaired) electrons. The molecule has 0 amide bonds. The van der Waals surface area contributed by atoms with Crippen molar-refractivity contribution in [3.05, 3.63) is 22.4 Å². The van der Waals surface area contributed by atoms with Crippen molar-refractivity contribution in [3.63, 3.8) is 0 Å². The van der Waals surface area contributed by atoms with E-state index >= 15 is 0 Å². The van der Waals surface area contributed by atoms with Gasteiger partial charge in [-0.3, -0.25) is 4.99 Å². The van der Waals surface area contributed by atoms with Crippen LogP contribution in [0.2, 0.25) is 0 Å². The second-order valence-electron chi connectivity index (χ2n) is 6.98. The van der Waals surface area contributed by atoms with Gasteiger partial charge >= 0.3 is 0 Å². The van der Waals surface area contributed by atoms with Gasteiger partial charge in [-0.2, -0.15) is 0 Å². The van der Waals surface area contributed by atoms with Gasteiger partial charge in [0.25, 0.3) is 0 Å². The molecule has 6 heteroatoms. The van der Waals surface area contributed by atoms with Crippen LogP contribution in [0.1, 0.15) is 43.0 Å². The summed E-state index contributed by atoms with van der Waals surface area (Å²) in [5.74, 6) is 0.902. The normalized spacial score (nSPS) is 18.2. The molecule has 1 saturated heterocycles. The summed E-state index contributed by atoms with van der Waals surface area (Å²) in [6, 6.07) is 4.69. The molecule has 0 aliphatic carbocycles. The van der Waals surface area contributed by atoms with Gasteiger partial charge in [-0.25, -0.2) is 0 Å². The highest BCUT2D eigenvalue weighted by Gasteiger charge is 2.15. The standard InChI is InChI=1S/C19H35N5S/c1-20-19(21-11-9-14-24-12-6-4-5-7-13-24)22-16-17(23(2)3)18-10-8-15-25-18/h8,10,15,17H,4-7,9,11-14,16H2,1-3H3,(H2,20,21,22). The van der Waals surface area contributed by atoms with E-state index in [2.05, 4.69) is 57.0 Å². The fourth-order valence-electron chi connectivity index (χ4n) is 3.30. The molecule has 2 rings (SSSR count). The molecule has 1 aliphatic heterocycles. The number of nitrogens with one attached hydrogen (secondary N) is 2. The highest BCUT2D eigenvalue weighted by molar-refractivity contribution is 7.10. The fraction of sp³-hybridized carbons (Fsp3) is 0.737. The minimum Gasteiger partial charge on any atom is -0.356 e. The average molecular weight is 366 g/mol. The van der Waals surface area contributed by atoms with Crippen molar-refractivity contribution in [3.8, 4) is 0 Å². The second-order valence-corrected chi connectivity index (χ2v) is 7.96. The average Bonchev–Trinajstić information content (AvgIpc) is 3.00. The lowest BCUT2D eigenvalue weighted by atomic mass is 10.2. The van der Waals surface area contributed by atoms with Gasteiger partial charge in [-0.05, 0) is 64.4 Å². The minimum atomic E-state index is 0.371. The number of nitrogens with zero attached hydrogens (tertiary/aromatic N) is 3. The van der Waals surface area contributed by atoms with Crippen LogP contribution in [0.5, 0.6) is 0 Å². The molecule has 1 unspecified atom stereocenters. The quantitative estimate of drug-likeness (QED) is 0.422. The Morgan fingerprint density at radius 2 is 2.00 bits per heavy atom. The molecule has 0 bridgehead atoms. The molecular formula is C19H35N5S. The smallest absolute Gasteiger partial charge is 0.191 e. The topological polar surface area (TPSA) is 42.9 Å². The van der Waals surface area contributed by atoms with Crippen LogP contribution in [-0.4, -0.2) is 69.6 Å². The summed E-state index contributed by atoms with van der Waals surface area (Å²) in [6.45, 7) is 5.58. The predicted molar refractivity (Wildman–Crippen MR) is 110 cm³/mol. The monoisotopic (exact) mass is 365 g/mol. The number of likely N-dealkylation sites (tertiary alicyclic amines) is 1. The molecular weight excluding hydrogens is 330 g/mol. The first-order valence-corrected chi connectivity index (χ1v) is 10.5. The van der Waals surface area contributed by atoms with Crippen molar-refractivity contribution in [2.75, 3.05) is 53.9 Å². The fourth-order valence-corrected chi connectivity index (χ4v) is 4.22. The number of thiophene rings is 1. The number of aliphatic imine (C=N–C) groups is 1. The lowest BCUT2D eigenvalue weighted by Crippen LogP contribution is -2.42. The molecule has 142 valence electrons. The maximum atomic E-state index is 4.37. The molecule has 2 N–H and O–H groups in total. The van der Waals surface area contributed by atoms with E-state index < -0.39 is 0 Å². The Balaban J connectivity index is 1.67. The third-order valence-corrected chi connectivity index (χ3v) is 5.80. The van der Waals surface area contributed by atoms with E-state index in [4.69, 9.17) is 0 Å². The van der Waals surface area contributed by atoms with E-state index in [-0.39, 0.29) is 0 Å². The Labute approximate surface area is 157 Å². The molecule has 5 nitrogen and oxygen atoms in total. The van der Waals surface area contributed by atoms with Gasteiger partial charge in [0.1, 0.15) is 0 Å². The summed E-state index contributed by atoms with van der Waals surface area (Å²) >= 11 is 1.81. The van der Waals surface area contributed by atoms with E-state index in [0.29, 0.717) is 6.04 Å². The van der Waals surface area contributed by atoms with E-state index in [0.717, 1.165) is 19.0 Å². The molecule has 0 spiro atoms. The molecule has 0 saturated carbocycles. The SMILES string of the molecule is CN=C(NCCCN1CCCCCC1)NCC(c1cccs1)N(C)C. The number of guanidine groups is 1. The molecule has 1 aliphatic rings. The van der Waals surface area contributed by atoms with Crippen LogP contribution in [-0.2, 0) is 0 Å². The maximum Gasteiger partial charge on any atom is 0.191 e. The van der Waals surface area contributed by atoms with Crippen LogP contribution in [0.15, 0.2) is 22.5 Å². The number of hydrogen-bond donors (Lipinski definition) is 2. The van der Waals surface area contributed by atoms with E-state index in [1.165, 1.54) is 56.6 Å². The van der Waals surface area contributed by atoms with Crippen molar-refractivity contribution in [2.45, 2.75) is 38.1 Å². The third-order valence-electron chi connectivity index (χ3n) is 4.82. The Morgan fingerprint density at radius 3 is 2.60 bits per heavy atom. The largest absolute Gasteiger partial charge is 0.356 e. The molecule has 1 atom stereocenters. The van der Waals surface area contributed by atoms with Gasteiger partial charge in [-0.1, -0.05) is 18.9 Å². The molecule has 1 fully saturated rings. The molecule has 25 heavy (non-hydrogen) atoms. The first-order valence-electron chi connectivity index (χ1n) is 9.57. The zero-order chi connectivity index (χ0) is 17.9. The molecule has 1 aromatic heterocycles.